The SMILES string of the molecule is O=C(CCNC(=O)N1CC(=O)Nc2ccccc21)NCc1ccccc1. The molecule has 0 aliphatic carbocycles. The molecule has 1 aliphatic rings. The summed E-state index contributed by atoms with van der Waals surface area (Å²) in [5.74, 6) is -0.398. The summed E-state index contributed by atoms with van der Waals surface area (Å²) in [6.07, 6.45) is 0.167. The van der Waals surface area contributed by atoms with Gasteiger partial charge in [0.2, 0.25) is 11.8 Å². The summed E-state index contributed by atoms with van der Waals surface area (Å²) in [6.45, 7) is 0.593. The molecule has 0 unspecified atom stereocenters. The van der Waals surface area contributed by atoms with Gasteiger partial charge in [-0.2, -0.15) is 0 Å². The molecule has 0 aromatic heterocycles. The van der Waals surface area contributed by atoms with Crippen LogP contribution in [0.4, 0.5) is 16.2 Å². The Balaban J connectivity index is 1.47. The van der Waals surface area contributed by atoms with E-state index in [-0.39, 0.29) is 31.3 Å². The van der Waals surface area contributed by atoms with Crippen LogP contribution in [0.2, 0.25) is 0 Å². The minimum Gasteiger partial charge on any atom is -0.352 e. The summed E-state index contributed by atoms with van der Waals surface area (Å²) in [5.41, 5.74) is 2.25. The number of anilines is 2. The summed E-state index contributed by atoms with van der Waals surface area (Å²) in [7, 11) is 0. The molecule has 7 heteroatoms. The van der Waals surface area contributed by atoms with Crippen molar-refractivity contribution in [3.8, 4) is 0 Å². The maximum Gasteiger partial charge on any atom is 0.322 e. The van der Waals surface area contributed by atoms with E-state index in [2.05, 4.69) is 16.0 Å². The van der Waals surface area contributed by atoms with E-state index in [1.54, 1.807) is 24.3 Å². The Kier molecular flexibility index (Phi) is 5.48. The van der Waals surface area contributed by atoms with Gasteiger partial charge in [0.25, 0.3) is 0 Å². The summed E-state index contributed by atoms with van der Waals surface area (Å²) >= 11 is 0. The summed E-state index contributed by atoms with van der Waals surface area (Å²) in [6, 6.07) is 16.3. The van der Waals surface area contributed by atoms with Crippen molar-refractivity contribution < 1.29 is 14.4 Å². The van der Waals surface area contributed by atoms with E-state index in [0.717, 1.165) is 5.56 Å². The molecule has 134 valence electrons. The third-order valence-electron chi connectivity index (χ3n) is 3.98. The monoisotopic (exact) mass is 352 g/mol. The highest BCUT2D eigenvalue weighted by atomic mass is 16.2. The number of carbonyl (C=O) groups is 3. The lowest BCUT2D eigenvalue weighted by atomic mass is 10.2. The van der Waals surface area contributed by atoms with E-state index in [0.29, 0.717) is 17.9 Å². The summed E-state index contributed by atoms with van der Waals surface area (Å²) in [4.78, 5) is 37.4. The first kappa shape index (κ1) is 17.5. The second kappa shape index (κ2) is 8.15. The molecular formula is C19H20N4O3. The lowest BCUT2D eigenvalue weighted by Crippen LogP contribution is -2.47. The van der Waals surface area contributed by atoms with Crippen LogP contribution in [0, 0.1) is 0 Å². The molecule has 0 saturated heterocycles. The lowest BCUT2D eigenvalue weighted by Gasteiger charge is -2.29. The van der Waals surface area contributed by atoms with Crippen LogP contribution in [0.25, 0.3) is 0 Å². The van der Waals surface area contributed by atoms with Crippen molar-refractivity contribution in [3.63, 3.8) is 0 Å². The molecule has 1 aliphatic heterocycles. The number of nitrogens with one attached hydrogen (secondary N) is 3. The Morgan fingerprint density at radius 1 is 1.00 bits per heavy atom. The van der Waals surface area contributed by atoms with Gasteiger partial charge in [0.05, 0.1) is 11.4 Å². The molecule has 0 radical (unpaired) electrons. The number of benzene rings is 2. The normalized spacial score (nSPS) is 12.8. The zero-order valence-electron chi connectivity index (χ0n) is 14.2. The van der Waals surface area contributed by atoms with Crippen molar-refractivity contribution in [2.24, 2.45) is 0 Å². The van der Waals surface area contributed by atoms with Crippen LogP contribution in [0.1, 0.15) is 12.0 Å². The van der Waals surface area contributed by atoms with E-state index >= 15 is 0 Å². The lowest BCUT2D eigenvalue weighted by molar-refractivity contribution is -0.121. The van der Waals surface area contributed by atoms with E-state index in [1.807, 2.05) is 30.3 Å². The number of hydrogen-bond donors (Lipinski definition) is 3. The molecule has 0 fully saturated rings. The standard InChI is InChI=1S/C19H20N4O3/c24-17(21-12-14-6-2-1-3-7-14)10-11-20-19(26)23-13-18(25)22-15-8-4-5-9-16(15)23/h1-9H,10-13H2,(H,20,26)(H,21,24)(H,22,25). The van der Waals surface area contributed by atoms with Crippen LogP contribution in [-0.4, -0.2) is 30.9 Å². The van der Waals surface area contributed by atoms with Crippen molar-refractivity contribution in [1.29, 1.82) is 0 Å². The van der Waals surface area contributed by atoms with Crippen LogP contribution >= 0.6 is 0 Å². The van der Waals surface area contributed by atoms with Crippen LogP contribution in [0.5, 0.6) is 0 Å². The quantitative estimate of drug-likeness (QED) is 0.767. The molecule has 26 heavy (non-hydrogen) atoms. The zero-order valence-corrected chi connectivity index (χ0v) is 14.2. The van der Waals surface area contributed by atoms with Gasteiger partial charge in [0.15, 0.2) is 0 Å². The average molecular weight is 352 g/mol. The number of urea groups is 1. The van der Waals surface area contributed by atoms with Crippen LogP contribution in [0.3, 0.4) is 0 Å². The van der Waals surface area contributed by atoms with E-state index < -0.39 is 6.03 Å². The third-order valence-corrected chi connectivity index (χ3v) is 3.98. The molecule has 0 spiro atoms. The van der Waals surface area contributed by atoms with Crippen molar-refractivity contribution in [2.75, 3.05) is 23.3 Å². The molecule has 3 rings (SSSR count). The van der Waals surface area contributed by atoms with Crippen molar-refractivity contribution in [1.82, 2.24) is 10.6 Å². The van der Waals surface area contributed by atoms with Gasteiger partial charge < -0.3 is 16.0 Å². The van der Waals surface area contributed by atoms with Gasteiger partial charge in [-0.3, -0.25) is 14.5 Å². The number of nitrogens with zero attached hydrogens (tertiary/aromatic N) is 1. The first-order valence-corrected chi connectivity index (χ1v) is 8.38. The predicted octanol–water partition coefficient (Wildman–Crippen LogP) is 1.86. The number of rotatable bonds is 5. The maximum absolute atomic E-state index is 12.4. The fourth-order valence-corrected chi connectivity index (χ4v) is 2.68. The van der Waals surface area contributed by atoms with Gasteiger partial charge in [-0.1, -0.05) is 42.5 Å². The third kappa shape index (κ3) is 4.38. The number of para-hydroxylation sites is 2. The smallest absolute Gasteiger partial charge is 0.322 e. The Morgan fingerprint density at radius 3 is 2.54 bits per heavy atom. The first-order valence-electron chi connectivity index (χ1n) is 8.38. The van der Waals surface area contributed by atoms with E-state index in [1.165, 1.54) is 4.90 Å². The number of fused-ring (bicyclic) bond motifs is 1. The van der Waals surface area contributed by atoms with Gasteiger partial charge in [-0.05, 0) is 17.7 Å². The molecule has 0 saturated carbocycles. The average Bonchev–Trinajstić information content (AvgIpc) is 2.66. The summed E-state index contributed by atoms with van der Waals surface area (Å²) < 4.78 is 0. The Labute approximate surface area is 151 Å². The largest absolute Gasteiger partial charge is 0.352 e. The second-order valence-corrected chi connectivity index (χ2v) is 5.90. The molecule has 0 atom stereocenters. The first-order chi connectivity index (χ1) is 12.6. The minimum atomic E-state index is -0.400. The summed E-state index contributed by atoms with van der Waals surface area (Å²) in [5, 5.41) is 8.22. The van der Waals surface area contributed by atoms with Crippen molar-refractivity contribution in [3.05, 3.63) is 60.2 Å². The van der Waals surface area contributed by atoms with Gasteiger partial charge in [0, 0.05) is 19.5 Å². The molecule has 0 bridgehead atoms. The zero-order chi connectivity index (χ0) is 18.4. The van der Waals surface area contributed by atoms with Crippen LogP contribution < -0.4 is 20.9 Å². The molecule has 2 aromatic carbocycles. The molecule has 1 heterocycles. The fraction of sp³-hybridized carbons (Fsp3) is 0.211. The van der Waals surface area contributed by atoms with Gasteiger partial charge in [-0.15, -0.1) is 0 Å². The highest BCUT2D eigenvalue weighted by Gasteiger charge is 2.26. The highest BCUT2D eigenvalue weighted by molar-refractivity contribution is 6.09. The minimum absolute atomic E-state index is 0.0525. The maximum atomic E-state index is 12.4. The Bertz CT molecular complexity index is 807. The Morgan fingerprint density at radius 2 is 1.73 bits per heavy atom. The van der Waals surface area contributed by atoms with Crippen molar-refractivity contribution >= 4 is 29.2 Å². The molecule has 4 amide bonds. The second-order valence-electron chi connectivity index (χ2n) is 5.90. The molecule has 7 nitrogen and oxygen atoms in total. The van der Waals surface area contributed by atoms with Gasteiger partial charge in [0.1, 0.15) is 6.54 Å². The number of carbonyl (C=O) groups excluding carboxylic acids is 3. The van der Waals surface area contributed by atoms with Gasteiger partial charge >= 0.3 is 6.03 Å². The molecule has 3 N–H and O–H groups in total. The topological polar surface area (TPSA) is 90.5 Å². The van der Waals surface area contributed by atoms with Crippen molar-refractivity contribution in [2.45, 2.75) is 13.0 Å². The number of amides is 4. The van der Waals surface area contributed by atoms with Crippen LogP contribution in [0.15, 0.2) is 54.6 Å². The highest BCUT2D eigenvalue weighted by Crippen LogP contribution is 2.28. The van der Waals surface area contributed by atoms with Gasteiger partial charge in [-0.25, -0.2) is 4.79 Å². The molecule has 2 aromatic rings. The van der Waals surface area contributed by atoms with Crippen LogP contribution in [-0.2, 0) is 16.1 Å². The fourth-order valence-electron chi connectivity index (χ4n) is 2.68. The van der Waals surface area contributed by atoms with E-state index in [4.69, 9.17) is 0 Å². The number of hydrogen-bond acceptors (Lipinski definition) is 3. The predicted molar refractivity (Wildman–Crippen MR) is 98.7 cm³/mol. The van der Waals surface area contributed by atoms with E-state index in [9.17, 15) is 14.4 Å². The Hall–Kier alpha value is -3.35. The molecular weight excluding hydrogens is 332 g/mol.